The van der Waals surface area contributed by atoms with Crippen molar-refractivity contribution in [3.05, 3.63) is 41.0 Å². The van der Waals surface area contributed by atoms with Crippen molar-refractivity contribution in [2.24, 2.45) is 11.3 Å². The van der Waals surface area contributed by atoms with Crippen LogP contribution in [0.5, 0.6) is 0 Å². The van der Waals surface area contributed by atoms with E-state index in [1.165, 1.54) is 28.4 Å². The highest BCUT2D eigenvalue weighted by Gasteiger charge is 2.46. The minimum Gasteiger partial charge on any atom is -0.391 e. The van der Waals surface area contributed by atoms with E-state index in [0.29, 0.717) is 0 Å². The van der Waals surface area contributed by atoms with Crippen LogP contribution in [0.3, 0.4) is 0 Å². The first kappa shape index (κ1) is 26.2. The first-order valence-electron chi connectivity index (χ1n) is 11.1. The van der Waals surface area contributed by atoms with Gasteiger partial charge in [-0.2, -0.15) is 13.2 Å². The van der Waals surface area contributed by atoms with Crippen molar-refractivity contribution in [3.8, 4) is 10.4 Å². The summed E-state index contributed by atoms with van der Waals surface area (Å²) < 4.78 is 41.9. The van der Waals surface area contributed by atoms with E-state index in [0.717, 1.165) is 16.1 Å². The van der Waals surface area contributed by atoms with Gasteiger partial charge in [0, 0.05) is 18.9 Å². The average molecular weight is 498 g/mol. The Hall–Kier alpha value is -2.46. The summed E-state index contributed by atoms with van der Waals surface area (Å²) in [6.07, 6.45) is -5.83. The van der Waals surface area contributed by atoms with E-state index in [1.807, 2.05) is 27.7 Å². The molecule has 0 saturated carbocycles. The van der Waals surface area contributed by atoms with Crippen LogP contribution in [0.1, 0.15) is 51.4 Å². The number of aromatic nitrogens is 1. The normalized spacial score (nSPS) is 20.8. The molecule has 1 fully saturated rings. The number of alkyl halides is 3. The van der Waals surface area contributed by atoms with E-state index in [4.69, 9.17) is 0 Å². The van der Waals surface area contributed by atoms with Gasteiger partial charge < -0.3 is 15.3 Å². The number of thiazole rings is 1. The van der Waals surface area contributed by atoms with Gasteiger partial charge >= 0.3 is 6.18 Å². The smallest absolute Gasteiger partial charge is 0.391 e. The number of aliphatic hydroxyl groups is 1. The van der Waals surface area contributed by atoms with E-state index in [9.17, 15) is 27.9 Å². The summed E-state index contributed by atoms with van der Waals surface area (Å²) in [5, 5.41) is 12.2. The van der Waals surface area contributed by atoms with E-state index in [2.05, 4.69) is 10.3 Å². The molecule has 1 aliphatic rings. The van der Waals surface area contributed by atoms with Crippen molar-refractivity contribution in [2.45, 2.75) is 65.4 Å². The van der Waals surface area contributed by atoms with Gasteiger partial charge in [0.15, 0.2) is 6.04 Å². The predicted molar refractivity (Wildman–Crippen MR) is 124 cm³/mol. The predicted octanol–water partition coefficient (Wildman–Crippen LogP) is 4.48. The van der Waals surface area contributed by atoms with Gasteiger partial charge in [0.05, 0.1) is 22.2 Å². The molecule has 4 atom stereocenters. The van der Waals surface area contributed by atoms with Crippen LogP contribution in [0.15, 0.2) is 29.8 Å². The van der Waals surface area contributed by atoms with Gasteiger partial charge in [-0.25, -0.2) is 4.98 Å². The summed E-state index contributed by atoms with van der Waals surface area (Å²) in [5.74, 6) is -1.78. The fourth-order valence-corrected chi connectivity index (χ4v) is 4.74. The Kier molecular flexibility index (Phi) is 7.43. The molecule has 0 bridgehead atoms. The molecule has 3 rings (SSSR count). The first-order chi connectivity index (χ1) is 15.7. The first-order valence-corrected chi connectivity index (χ1v) is 11.9. The van der Waals surface area contributed by atoms with Crippen LogP contribution in [0, 0.1) is 18.3 Å². The molecular formula is C24H30F3N3O3S. The number of amides is 2. The van der Waals surface area contributed by atoms with Crippen molar-refractivity contribution in [1.29, 1.82) is 0 Å². The van der Waals surface area contributed by atoms with E-state index in [-0.39, 0.29) is 24.4 Å². The van der Waals surface area contributed by atoms with Crippen LogP contribution in [0.2, 0.25) is 0 Å². The summed E-state index contributed by atoms with van der Waals surface area (Å²) in [4.78, 5) is 32.2. The van der Waals surface area contributed by atoms with Crippen LogP contribution in [0.25, 0.3) is 10.4 Å². The number of benzene rings is 1. The SMILES string of the molecule is Cc1ncsc1-c1ccc([C@@H](NC(=O)[C@@H]2C[C@@H](O)CN2C(=O)[C@@H](C)C(C)(C)C)C(F)(F)F)cc1. The number of hydrogen-bond donors (Lipinski definition) is 2. The average Bonchev–Trinajstić information content (AvgIpc) is 3.35. The molecule has 10 heteroatoms. The van der Waals surface area contributed by atoms with E-state index in [1.54, 1.807) is 24.6 Å². The standard InChI is InChI=1S/C24H30F3N3O3S/c1-13(23(3,4)5)22(33)30-11-17(31)10-18(30)21(32)29-20(24(25,26)27)16-8-6-15(7-9-16)19-14(2)28-12-34-19/h6-9,12-13,17-18,20,31H,10-11H2,1-5H3,(H,29,32)/t13-,17-,18+,20-/m1/s1. The highest BCUT2D eigenvalue weighted by atomic mass is 32.1. The Labute approximate surface area is 201 Å². The number of nitrogens with one attached hydrogen (secondary N) is 1. The van der Waals surface area contributed by atoms with Gasteiger partial charge in [0.1, 0.15) is 6.04 Å². The van der Waals surface area contributed by atoms with E-state index >= 15 is 0 Å². The van der Waals surface area contributed by atoms with Crippen molar-refractivity contribution >= 4 is 23.2 Å². The summed E-state index contributed by atoms with van der Waals surface area (Å²) in [6.45, 7) is 9.06. The molecule has 2 aromatic rings. The number of nitrogens with zero attached hydrogens (tertiary/aromatic N) is 2. The molecule has 2 N–H and O–H groups in total. The molecule has 186 valence electrons. The number of halogens is 3. The van der Waals surface area contributed by atoms with Gasteiger partial charge in [0.2, 0.25) is 11.8 Å². The number of aryl methyl sites for hydroxylation is 1. The minimum absolute atomic E-state index is 0.0864. The number of aliphatic hydroxyl groups excluding tert-OH is 1. The van der Waals surface area contributed by atoms with E-state index < -0.39 is 41.6 Å². The van der Waals surface area contributed by atoms with Crippen molar-refractivity contribution < 1.29 is 27.9 Å². The lowest BCUT2D eigenvalue weighted by Gasteiger charge is -2.33. The maximum absolute atomic E-state index is 14.0. The van der Waals surface area contributed by atoms with Crippen LogP contribution in [-0.4, -0.2) is 51.7 Å². The highest BCUT2D eigenvalue weighted by Crippen LogP contribution is 2.36. The lowest BCUT2D eigenvalue weighted by atomic mass is 9.81. The Bertz CT molecular complexity index is 1030. The van der Waals surface area contributed by atoms with Crippen LogP contribution in [0.4, 0.5) is 13.2 Å². The molecule has 1 saturated heterocycles. The number of carbonyl (C=O) groups is 2. The summed E-state index contributed by atoms with van der Waals surface area (Å²) >= 11 is 1.39. The third-order valence-electron chi connectivity index (χ3n) is 6.40. The number of rotatable bonds is 5. The van der Waals surface area contributed by atoms with Gasteiger partial charge in [-0.3, -0.25) is 9.59 Å². The second kappa shape index (κ2) is 9.65. The maximum atomic E-state index is 14.0. The lowest BCUT2D eigenvalue weighted by molar-refractivity contribution is -0.165. The molecular weight excluding hydrogens is 467 g/mol. The maximum Gasteiger partial charge on any atom is 0.412 e. The van der Waals surface area contributed by atoms with Gasteiger partial charge in [-0.15, -0.1) is 11.3 Å². The molecule has 1 aliphatic heterocycles. The Morgan fingerprint density at radius 3 is 2.32 bits per heavy atom. The lowest BCUT2D eigenvalue weighted by Crippen LogP contribution is -2.51. The number of β-amino-alcohol motifs (C(OH)–C–C–N with tert-alkyl or cyclic N) is 1. The fourth-order valence-electron chi connectivity index (χ4n) is 3.92. The molecule has 1 aromatic heterocycles. The largest absolute Gasteiger partial charge is 0.412 e. The molecule has 34 heavy (non-hydrogen) atoms. The molecule has 2 amide bonds. The topological polar surface area (TPSA) is 82.5 Å². The van der Waals surface area contributed by atoms with Crippen molar-refractivity contribution in [1.82, 2.24) is 15.2 Å². The van der Waals surface area contributed by atoms with Crippen LogP contribution < -0.4 is 5.32 Å². The summed E-state index contributed by atoms with van der Waals surface area (Å²) in [5.41, 5.74) is 2.67. The molecule has 2 heterocycles. The van der Waals surface area contributed by atoms with Gasteiger partial charge in [-0.1, -0.05) is 52.0 Å². The molecule has 0 unspecified atom stereocenters. The summed E-state index contributed by atoms with van der Waals surface area (Å²) in [7, 11) is 0. The fraction of sp³-hybridized carbons (Fsp3) is 0.542. The van der Waals surface area contributed by atoms with Crippen molar-refractivity contribution in [3.63, 3.8) is 0 Å². The molecule has 1 aromatic carbocycles. The minimum atomic E-state index is -4.75. The third-order valence-corrected chi connectivity index (χ3v) is 7.38. The zero-order valence-corrected chi connectivity index (χ0v) is 20.6. The second-order valence-corrected chi connectivity index (χ2v) is 10.7. The zero-order chi connectivity index (χ0) is 25.4. The highest BCUT2D eigenvalue weighted by molar-refractivity contribution is 7.13. The number of carbonyl (C=O) groups excluding carboxylic acids is 2. The van der Waals surface area contributed by atoms with Gasteiger partial charge in [0.25, 0.3) is 0 Å². The second-order valence-electron chi connectivity index (χ2n) is 9.86. The zero-order valence-electron chi connectivity index (χ0n) is 19.8. The molecule has 0 radical (unpaired) electrons. The quantitative estimate of drug-likeness (QED) is 0.638. The van der Waals surface area contributed by atoms with Gasteiger partial charge in [-0.05, 0) is 23.5 Å². The Balaban J connectivity index is 1.83. The molecule has 6 nitrogen and oxygen atoms in total. The Morgan fingerprint density at radius 1 is 1.21 bits per heavy atom. The Morgan fingerprint density at radius 2 is 1.82 bits per heavy atom. The number of likely N-dealkylation sites (tertiary alicyclic amines) is 1. The number of hydrogen-bond acceptors (Lipinski definition) is 5. The molecule has 0 aliphatic carbocycles. The molecule has 0 spiro atoms. The summed E-state index contributed by atoms with van der Waals surface area (Å²) in [6, 6.07) is 2.40. The van der Waals surface area contributed by atoms with Crippen LogP contribution in [-0.2, 0) is 9.59 Å². The monoisotopic (exact) mass is 497 g/mol. The third kappa shape index (κ3) is 5.60. The van der Waals surface area contributed by atoms with Crippen LogP contribution >= 0.6 is 11.3 Å². The van der Waals surface area contributed by atoms with Crippen molar-refractivity contribution in [2.75, 3.05) is 6.54 Å².